The predicted molar refractivity (Wildman–Crippen MR) is 68.6 cm³/mol. The fourth-order valence-electron chi connectivity index (χ4n) is 1.56. The third kappa shape index (κ3) is 2.79. The topological polar surface area (TPSA) is 39.9 Å². The van der Waals surface area contributed by atoms with Crippen LogP contribution in [-0.2, 0) is 13.5 Å². The first-order valence-electron chi connectivity index (χ1n) is 5.29. The molecule has 0 atom stereocenters. The van der Waals surface area contributed by atoms with Crippen molar-refractivity contribution in [2.24, 2.45) is 7.05 Å². The number of hydrogen-bond donors (Lipinski definition) is 0. The number of benzene rings is 1. The van der Waals surface area contributed by atoms with E-state index in [4.69, 9.17) is 4.74 Å². The first kappa shape index (κ1) is 12.0. The van der Waals surface area contributed by atoms with Crippen molar-refractivity contribution in [2.45, 2.75) is 11.6 Å². The van der Waals surface area contributed by atoms with Gasteiger partial charge in [0.25, 0.3) is 0 Å². The summed E-state index contributed by atoms with van der Waals surface area (Å²) < 4.78 is 6.96. The lowest BCUT2D eigenvalue weighted by Crippen LogP contribution is -2.00. The van der Waals surface area contributed by atoms with Gasteiger partial charge in [-0.25, -0.2) is 4.98 Å². The smallest absolute Gasteiger partial charge is 0.208 e. The molecule has 1 aromatic carbocycles. The highest BCUT2D eigenvalue weighted by molar-refractivity contribution is 7.98. The van der Waals surface area contributed by atoms with Crippen LogP contribution in [0.3, 0.4) is 0 Å². The molecular weight excluding hydrogens is 234 g/mol. The Labute approximate surface area is 105 Å². The van der Waals surface area contributed by atoms with Gasteiger partial charge in [-0.05, 0) is 24.0 Å². The predicted octanol–water partition coefficient (Wildman–Crippen LogP) is 2.14. The van der Waals surface area contributed by atoms with Crippen LogP contribution in [0, 0.1) is 0 Å². The van der Waals surface area contributed by atoms with Crippen LogP contribution in [0.25, 0.3) is 0 Å². The summed E-state index contributed by atoms with van der Waals surface area (Å²) in [6.45, 7) is 0. The lowest BCUT2D eigenvalue weighted by molar-refractivity contribution is 0.414. The largest absolute Gasteiger partial charge is 0.497 e. The number of aromatic nitrogens is 3. The third-order valence-corrected chi connectivity index (χ3v) is 3.08. The maximum atomic E-state index is 5.13. The number of thioether (sulfide) groups is 1. The van der Waals surface area contributed by atoms with E-state index in [1.807, 2.05) is 42.3 Å². The molecule has 2 aromatic rings. The summed E-state index contributed by atoms with van der Waals surface area (Å²) in [5, 5.41) is 5.12. The molecule has 0 spiro atoms. The maximum Gasteiger partial charge on any atom is 0.208 e. The van der Waals surface area contributed by atoms with Crippen LogP contribution in [0.5, 0.6) is 5.75 Å². The summed E-state index contributed by atoms with van der Waals surface area (Å²) in [6.07, 6.45) is 2.76. The van der Waals surface area contributed by atoms with Crippen molar-refractivity contribution < 1.29 is 4.74 Å². The molecule has 0 fully saturated rings. The van der Waals surface area contributed by atoms with Crippen LogP contribution >= 0.6 is 11.8 Å². The zero-order chi connectivity index (χ0) is 12.3. The number of rotatable bonds is 4. The molecule has 1 heterocycles. The molecule has 0 amide bonds. The Bertz CT molecular complexity index is 493. The lowest BCUT2D eigenvalue weighted by Gasteiger charge is -2.02. The molecule has 1 aromatic heterocycles. The van der Waals surface area contributed by atoms with Crippen molar-refractivity contribution in [3.8, 4) is 5.75 Å². The van der Waals surface area contributed by atoms with Gasteiger partial charge in [0, 0.05) is 13.5 Å². The average molecular weight is 249 g/mol. The SMILES string of the molecule is COc1ccc(Cc2nc(SC)nn2C)cc1. The number of aryl methyl sites for hydroxylation is 1. The van der Waals surface area contributed by atoms with Gasteiger partial charge in [-0.15, -0.1) is 5.10 Å². The van der Waals surface area contributed by atoms with Gasteiger partial charge in [-0.3, -0.25) is 4.68 Å². The van der Waals surface area contributed by atoms with E-state index in [-0.39, 0.29) is 0 Å². The minimum Gasteiger partial charge on any atom is -0.497 e. The van der Waals surface area contributed by atoms with Gasteiger partial charge in [0.15, 0.2) is 0 Å². The Morgan fingerprint density at radius 3 is 2.53 bits per heavy atom. The van der Waals surface area contributed by atoms with E-state index in [1.54, 1.807) is 18.9 Å². The summed E-state index contributed by atoms with van der Waals surface area (Å²) in [6, 6.07) is 8.01. The standard InChI is InChI=1S/C12H15N3OS/c1-15-11(13-12(14-15)17-3)8-9-4-6-10(16-2)7-5-9/h4-7H,8H2,1-3H3. The first-order chi connectivity index (χ1) is 8.22. The molecule has 0 radical (unpaired) electrons. The minimum absolute atomic E-state index is 0.786. The highest BCUT2D eigenvalue weighted by Gasteiger charge is 2.07. The highest BCUT2D eigenvalue weighted by Crippen LogP contribution is 2.15. The Kier molecular flexibility index (Phi) is 3.68. The van der Waals surface area contributed by atoms with Gasteiger partial charge >= 0.3 is 0 Å². The van der Waals surface area contributed by atoms with Gasteiger partial charge in [0.05, 0.1) is 7.11 Å². The van der Waals surface area contributed by atoms with E-state index in [9.17, 15) is 0 Å². The van der Waals surface area contributed by atoms with Crippen molar-refractivity contribution in [3.05, 3.63) is 35.7 Å². The number of nitrogens with zero attached hydrogens (tertiary/aromatic N) is 3. The quantitative estimate of drug-likeness (QED) is 0.778. The number of hydrogen-bond acceptors (Lipinski definition) is 4. The van der Waals surface area contributed by atoms with Gasteiger partial charge in [-0.2, -0.15) is 0 Å². The normalized spacial score (nSPS) is 10.5. The Balaban J connectivity index is 2.16. The van der Waals surface area contributed by atoms with Crippen LogP contribution in [0.1, 0.15) is 11.4 Å². The molecule has 0 N–H and O–H groups in total. The fourth-order valence-corrected chi connectivity index (χ4v) is 1.96. The second-order valence-corrected chi connectivity index (χ2v) is 4.44. The van der Waals surface area contributed by atoms with Gasteiger partial charge in [-0.1, -0.05) is 23.9 Å². The van der Waals surface area contributed by atoms with E-state index in [0.29, 0.717) is 0 Å². The highest BCUT2D eigenvalue weighted by atomic mass is 32.2. The summed E-state index contributed by atoms with van der Waals surface area (Å²) in [5.74, 6) is 1.84. The zero-order valence-corrected chi connectivity index (χ0v) is 11.0. The zero-order valence-electron chi connectivity index (χ0n) is 10.2. The molecular formula is C12H15N3OS. The molecule has 0 unspecified atom stereocenters. The second kappa shape index (κ2) is 5.23. The molecule has 4 nitrogen and oxygen atoms in total. The van der Waals surface area contributed by atoms with E-state index >= 15 is 0 Å². The van der Waals surface area contributed by atoms with E-state index in [1.165, 1.54) is 5.56 Å². The Morgan fingerprint density at radius 1 is 1.29 bits per heavy atom. The van der Waals surface area contributed by atoms with E-state index in [0.717, 1.165) is 23.2 Å². The number of methoxy groups -OCH3 is 1. The molecule has 90 valence electrons. The average Bonchev–Trinajstić information content (AvgIpc) is 2.71. The minimum atomic E-state index is 0.786. The Morgan fingerprint density at radius 2 is 2.00 bits per heavy atom. The van der Waals surface area contributed by atoms with Crippen molar-refractivity contribution in [3.63, 3.8) is 0 Å². The van der Waals surface area contributed by atoms with Gasteiger partial charge in [0.2, 0.25) is 5.16 Å². The van der Waals surface area contributed by atoms with E-state index < -0.39 is 0 Å². The van der Waals surface area contributed by atoms with Gasteiger partial charge < -0.3 is 4.74 Å². The molecule has 0 aliphatic carbocycles. The molecule has 5 heteroatoms. The van der Waals surface area contributed by atoms with Gasteiger partial charge in [0.1, 0.15) is 11.6 Å². The summed E-state index contributed by atoms with van der Waals surface area (Å²) in [5.41, 5.74) is 1.20. The molecule has 2 rings (SSSR count). The van der Waals surface area contributed by atoms with Crippen molar-refractivity contribution >= 4 is 11.8 Å². The van der Waals surface area contributed by atoms with Crippen molar-refractivity contribution in [2.75, 3.05) is 13.4 Å². The molecule has 0 saturated heterocycles. The van der Waals surface area contributed by atoms with Crippen LogP contribution in [0.2, 0.25) is 0 Å². The van der Waals surface area contributed by atoms with E-state index in [2.05, 4.69) is 10.1 Å². The third-order valence-electron chi connectivity index (χ3n) is 2.54. The van der Waals surface area contributed by atoms with Crippen LogP contribution in [0.4, 0.5) is 0 Å². The summed E-state index contributed by atoms with van der Waals surface area (Å²) >= 11 is 1.56. The molecule has 0 saturated carbocycles. The Hall–Kier alpha value is -1.49. The van der Waals surface area contributed by atoms with Crippen LogP contribution in [0.15, 0.2) is 29.4 Å². The number of ether oxygens (including phenoxy) is 1. The first-order valence-corrected chi connectivity index (χ1v) is 6.52. The maximum absolute atomic E-state index is 5.13. The summed E-state index contributed by atoms with van der Waals surface area (Å²) in [7, 11) is 3.59. The molecule has 0 aliphatic rings. The molecule has 0 aliphatic heterocycles. The van der Waals surface area contributed by atoms with Crippen LogP contribution < -0.4 is 4.74 Å². The summed E-state index contributed by atoms with van der Waals surface area (Å²) in [4.78, 5) is 4.45. The fraction of sp³-hybridized carbons (Fsp3) is 0.333. The lowest BCUT2D eigenvalue weighted by atomic mass is 10.1. The van der Waals surface area contributed by atoms with Crippen LogP contribution in [-0.4, -0.2) is 28.1 Å². The second-order valence-electron chi connectivity index (χ2n) is 3.66. The van der Waals surface area contributed by atoms with Crippen molar-refractivity contribution in [1.82, 2.24) is 14.8 Å². The van der Waals surface area contributed by atoms with Crippen molar-refractivity contribution in [1.29, 1.82) is 0 Å². The monoisotopic (exact) mass is 249 g/mol. The molecule has 0 bridgehead atoms. The molecule has 17 heavy (non-hydrogen) atoms.